The summed E-state index contributed by atoms with van der Waals surface area (Å²) in [7, 11) is 0. The second-order valence-corrected chi connectivity index (χ2v) is 3.17. The summed E-state index contributed by atoms with van der Waals surface area (Å²) in [5.41, 5.74) is 0.706. The van der Waals surface area contributed by atoms with Crippen LogP contribution in [0.15, 0.2) is 22.6 Å². The lowest BCUT2D eigenvalue weighted by Gasteiger charge is -1.91. The van der Waals surface area contributed by atoms with E-state index in [1.165, 1.54) is 11.3 Å². The monoisotopic (exact) mass is 196 g/mol. The predicted octanol–water partition coefficient (Wildman–Crippen LogP) is 2.09. The van der Waals surface area contributed by atoms with Crippen LogP contribution in [-0.4, -0.2) is 9.38 Å². The summed E-state index contributed by atoms with van der Waals surface area (Å²) in [6.07, 6.45) is 3.34. The van der Waals surface area contributed by atoms with E-state index in [4.69, 9.17) is 0 Å². The highest BCUT2D eigenvalue weighted by molar-refractivity contribution is 7.15. The SMILES string of the molecule is CC.Cc1cnc2sccn2c1=O. The molecule has 4 heteroatoms. The molecular weight excluding hydrogens is 184 g/mol. The van der Waals surface area contributed by atoms with Crippen molar-refractivity contribution in [2.45, 2.75) is 20.8 Å². The number of nitrogens with zero attached hydrogens (tertiary/aromatic N) is 2. The van der Waals surface area contributed by atoms with Gasteiger partial charge in [0.2, 0.25) is 0 Å². The maximum absolute atomic E-state index is 11.3. The first-order valence-corrected chi connectivity index (χ1v) is 5.08. The van der Waals surface area contributed by atoms with Crippen molar-refractivity contribution in [1.82, 2.24) is 9.38 Å². The molecule has 2 aromatic heterocycles. The van der Waals surface area contributed by atoms with Gasteiger partial charge in [-0.05, 0) is 6.92 Å². The zero-order valence-electron chi connectivity index (χ0n) is 7.94. The van der Waals surface area contributed by atoms with Gasteiger partial charge in [0, 0.05) is 23.3 Å². The van der Waals surface area contributed by atoms with Crippen LogP contribution in [0.5, 0.6) is 0 Å². The van der Waals surface area contributed by atoms with Crippen molar-refractivity contribution >= 4 is 16.3 Å². The summed E-state index contributed by atoms with van der Waals surface area (Å²) >= 11 is 1.46. The van der Waals surface area contributed by atoms with Crippen LogP contribution >= 0.6 is 11.3 Å². The largest absolute Gasteiger partial charge is 0.269 e. The van der Waals surface area contributed by atoms with Crippen molar-refractivity contribution in [2.75, 3.05) is 0 Å². The Morgan fingerprint density at radius 3 is 2.85 bits per heavy atom. The van der Waals surface area contributed by atoms with Gasteiger partial charge in [-0.2, -0.15) is 0 Å². The summed E-state index contributed by atoms with van der Waals surface area (Å²) in [6.45, 7) is 5.76. The molecule has 0 saturated carbocycles. The Morgan fingerprint density at radius 2 is 2.15 bits per heavy atom. The molecule has 0 aliphatic rings. The number of rotatable bonds is 0. The maximum Gasteiger partial charge on any atom is 0.261 e. The fraction of sp³-hybridized carbons (Fsp3) is 0.333. The molecule has 0 unspecified atom stereocenters. The highest BCUT2D eigenvalue weighted by atomic mass is 32.1. The van der Waals surface area contributed by atoms with E-state index >= 15 is 0 Å². The van der Waals surface area contributed by atoms with E-state index in [0.717, 1.165) is 4.96 Å². The molecule has 0 N–H and O–H groups in total. The molecule has 0 amide bonds. The molecule has 70 valence electrons. The lowest BCUT2D eigenvalue weighted by Crippen LogP contribution is -2.14. The standard InChI is InChI=1S/C7H6N2OS.C2H6/c1-5-4-8-7-9(6(5)10)2-3-11-7;1-2/h2-4H,1H3;1-2H3. The van der Waals surface area contributed by atoms with Crippen LogP contribution in [0.3, 0.4) is 0 Å². The summed E-state index contributed by atoms with van der Waals surface area (Å²) in [5, 5.41) is 1.85. The average molecular weight is 196 g/mol. The van der Waals surface area contributed by atoms with E-state index in [0.29, 0.717) is 5.56 Å². The van der Waals surface area contributed by atoms with Gasteiger partial charge < -0.3 is 0 Å². The van der Waals surface area contributed by atoms with E-state index in [1.807, 2.05) is 19.2 Å². The van der Waals surface area contributed by atoms with Crippen molar-refractivity contribution in [3.63, 3.8) is 0 Å². The normalized spacial score (nSPS) is 9.46. The van der Waals surface area contributed by atoms with Crippen LogP contribution in [-0.2, 0) is 0 Å². The molecule has 2 heterocycles. The van der Waals surface area contributed by atoms with E-state index in [-0.39, 0.29) is 5.56 Å². The summed E-state index contributed by atoms with van der Waals surface area (Å²) in [5.74, 6) is 0. The quantitative estimate of drug-likeness (QED) is 0.646. The molecule has 2 aromatic rings. The summed E-state index contributed by atoms with van der Waals surface area (Å²) < 4.78 is 1.56. The van der Waals surface area contributed by atoms with Gasteiger partial charge in [-0.1, -0.05) is 13.8 Å². The first-order chi connectivity index (χ1) is 6.29. The minimum atomic E-state index is 0.0243. The average Bonchev–Trinajstić information content (AvgIpc) is 2.63. The third kappa shape index (κ3) is 1.78. The zero-order chi connectivity index (χ0) is 9.84. The van der Waals surface area contributed by atoms with Crippen molar-refractivity contribution in [3.05, 3.63) is 33.7 Å². The fourth-order valence-corrected chi connectivity index (χ4v) is 1.59. The van der Waals surface area contributed by atoms with Crippen LogP contribution in [0.2, 0.25) is 0 Å². The fourth-order valence-electron chi connectivity index (χ4n) is 0.917. The van der Waals surface area contributed by atoms with Crippen molar-refractivity contribution in [2.24, 2.45) is 0 Å². The Bertz CT molecular complexity index is 444. The summed E-state index contributed by atoms with van der Waals surface area (Å²) in [6, 6.07) is 0. The Balaban J connectivity index is 0.000000396. The zero-order valence-corrected chi connectivity index (χ0v) is 8.76. The molecule has 0 atom stereocenters. The number of aryl methyl sites for hydroxylation is 1. The number of thiazole rings is 1. The molecule has 13 heavy (non-hydrogen) atoms. The van der Waals surface area contributed by atoms with Crippen molar-refractivity contribution < 1.29 is 0 Å². The van der Waals surface area contributed by atoms with E-state index < -0.39 is 0 Å². The third-order valence-corrected chi connectivity index (χ3v) is 2.28. The summed E-state index contributed by atoms with van der Waals surface area (Å²) in [4.78, 5) is 16.2. The van der Waals surface area contributed by atoms with Gasteiger partial charge in [-0.25, -0.2) is 4.98 Å². The molecule has 0 aliphatic carbocycles. The Hall–Kier alpha value is -1.16. The second-order valence-electron chi connectivity index (χ2n) is 2.30. The van der Waals surface area contributed by atoms with Gasteiger partial charge in [0.1, 0.15) is 0 Å². The van der Waals surface area contributed by atoms with Gasteiger partial charge in [-0.15, -0.1) is 11.3 Å². The number of aromatic nitrogens is 2. The Morgan fingerprint density at radius 1 is 1.46 bits per heavy atom. The second kappa shape index (κ2) is 4.18. The number of fused-ring (bicyclic) bond motifs is 1. The molecule has 3 nitrogen and oxygen atoms in total. The van der Waals surface area contributed by atoms with E-state index in [1.54, 1.807) is 23.7 Å². The van der Waals surface area contributed by atoms with E-state index in [2.05, 4.69) is 4.98 Å². The molecule has 0 saturated heterocycles. The lowest BCUT2D eigenvalue weighted by atomic mass is 10.4. The topological polar surface area (TPSA) is 34.4 Å². The number of hydrogen-bond donors (Lipinski definition) is 0. The van der Waals surface area contributed by atoms with Crippen LogP contribution in [0.4, 0.5) is 0 Å². The molecule has 0 spiro atoms. The molecule has 0 radical (unpaired) electrons. The first kappa shape index (κ1) is 9.92. The van der Waals surface area contributed by atoms with Gasteiger partial charge in [0.15, 0.2) is 4.96 Å². The maximum atomic E-state index is 11.3. The highest BCUT2D eigenvalue weighted by Crippen LogP contribution is 2.04. The van der Waals surface area contributed by atoms with Crippen LogP contribution in [0.25, 0.3) is 4.96 Å². The van der Waals surface area contributed by atoms with Gasteiger partial charge in [0.25, 0.3) is 5.56 Å². The first-order valence-electron chi connectivity index (χ1n) is 4.20. The molecule has 0 aliphatic heterocycles. The van der Waals surface area contributed by atoms with Crippen LogP contribution in [0, 0.1) is 6.92 Å². The van der Waals surface area contributed by atoms with Gasteiger partial charge in [-0.3, -0.25) is 9.20 Å². The minimum Gasteiger partial charge on any atom is -0.269 e. The van der Waals surface area contributed by atoms with Crippen LogP contribution < -0.4 is 5.56 Å². The Kier molecular flexibility index (Phi) is 3.19. The van der Waals surface area contributed by atoms with E-state index in [9.17, 15) is 4.79 Å². The highest BCUT2D eigenvalue weighted by Gasteiger charge is 1.99. The smallest absolute Gasteiger partial charge is 0.261 e. The Labute approximate surface area is 80.7 Å². The predicted molar refractivity (Wildman–Crippen MR) is 55.4 cm³/mol. The lowest BCUT2D eigenvalue weighted by molar-refractivity contribution is 1.04. The molecule has 0 bridgehead atoms. The molecular formula is C9H12N2OS. The van der Waals surface area contributed by atoms with Gasteiger partial charge in [0.05, 0.1) is 0 Å². The van der Waals surface area contributed by atoms with Crippen molar-refractivity contribution in [1.29, 1.82) is 0 Å². The van der Waals surface area contributed by atoms with Crippen molar-refractivity contribution in [3.8, 4) is 0 Å². The van der Waals surface area contributed by atoms with Gasteiger partial charge >= 0.3 is 0 Å². The molecule has 0 fully saturated rings. The van der Waals surface area contributed by atoms with Crippen LogP contribution in [0.1, 0.15) is 19.4 Å². The molecule has 2 rings (SSSR count). The molecule has 0 aromatic carbocycles. The third-order valence-electron chi connectivity index (χ3n) is 1.51. The minimum absolute atomic E-state index is 0.0243. The number of hydrogen-bond acceptors (Lipinski definition) is 3.